The molecular formula is C29H26FN5O2. The highest BCUT2D eigenvalue weighted by molar-refractivity contribution is 5.81. The van der Waals surface area contributed by atoms with Gasteiger partial charge in [0.25, 0.3) is 0 Å². The SMILES string of the molecule is Nc1ncnc2c1ncn2[C@@H]1OC(COC(c2ccccc2)(c2ccccc2)c2ccccc2)C[C@@H]1F. The summed E-state index contributed by atoms with van der Waals surface area (Å²) in [6, 6.07) is 30.2. The molecule has 3 heterocycles. The van der Waals surface area contributed by atoms with E-state index in [2.05, 4.69) is 51.4 Å². The molecule has 5 aromatic rings. The van der Waals surface area contributed by atoms with Crippen LogP contribution in [-0.4, -0.2) is 38.4 Å². The molecule has 0 aliphatic carbocycles. The second kappa shape index (κ2) is 9.72. The lowest BCUT2D eigenvalue weighted by atomic mass is 9.80. The number of halogens is 1. The summed E-state index contributed by atoms with van der Waals surface area (Å²) in [6.07, 6.45) is 0.394. The summed E-state index contributed by atoms with van der Waals surface area (Å²) in [4.78, 5) is 12.5. The molecule has 186 valence electrons. The van der Waals surface area contributed by atoms with E-state index in [1.165, 1.54) is 12.7 Å². The summed E-state index contributed by atoms with van der Waals surface area (Å²) in [5.41, 5.74) is 8.81. The molecule has 3 aromatic carbocycles. The Bertz CT molecular complexity index is 1380. The van der Waals surface area contributed by atoms with Gasteiger partial charge in [-0.3, -0.25) is 4.57 Å². The average molecular weight is 496 g/mol. The minimum atomic E-state index is -1.26. The van der Waals surface area contributed by atoms with Crippen molar-refractivity contribution in [1.29, 1.82) is 0 Å². The zero-order valence-electron chi connectivity index (χ0n) is 20.0. The number of nitrogens with zero attached hydrogens (tertiary/aromatic N) is 4. The molecule has 7 nitrogen and oxygen atoms in total. The Balaban J connectivity index is 1.34. The van der Waals surface area contributed by atoms with Gasteiger partial charge in [0.05, 0.1) is 19.0 Å². The quantitative estimate of drug-likeness (QED) is 0.318. The summed E-state index contributed by atoms with van der Waals surface area (Å²) in [5.74, 6) is 0.246. The molecule has 1 aliphatic rings. The third-order valence-corrected chi connectivity index (χ3v) is 6.82. The summed E-state index contributed by atoms with van der Waals surface area (Å²) in [5, 5.41) is 0. The first-order chi connectivity index (χ1) is 18.2. The first-order valence-electron chi connectivity index (χ1n) is 12.2. The first-order valence-corrected chi connectivity index (χ1v) is 12.2. The molecule has 2 N–H and O–H groups in total. The highest BCUT2D eigenvalue weighted by Gasteiger charge is 2.42. The van der Waals surface area contributed by atoms with Crippen molar-refractivity contribution in [2.45, 2.75) is 30.5 Å². The number of nitrogen functional groups attached to an aromatic ring is 1. The molecule has 0 spiro atoms. The van der Waals surface area contributed by atoms with Crippen LogP contribution >= 0.6 is 0 Å². The number of imidazole rings is 1. The predicted molar refractivity (Wildman–Crippen MR) is 138 cm³/mol. The van der Waals surface area contributed by atoms with Crippen LogP contribution in [0.5, 0.6) is 0 Å². The highest BCUT2D eigenvalue weighted by atomic mass is 19.1. The third-order valence-electron chi connectivity index (χ3n) is 6.82. The van der Waals surface area contributed by atoms with E-state index in [0.29, 0.717) is 11.2 Å². The molecule has 37 heavy (non-hydrogen) atoms. The van der Waals surface area contributed by atoms with E-state index in [1.807, 2.05) is 54.6 Å². The molecule has 2 aromatic heterocycles. The Hall–Kier alpha value is -4.14. The minimum Gasteiger partial charge on any atom is -0.382 e. The van der Waals surface area contributed by atoms with Crippen molar-refractivity contribution >= 4 is 17.0 Å². The van der Waals surface area contributed by atoms with Crippen LogP contribution in [-0.2, 0) is 15.1 Å². The van der Waals surface area contributed by atoms with Crippen molar-refractivity contribution in [3.05, 3.63) is 120 Å². The van der Waals surface area contributed by atoms with Gasteiger partial charge in [0.2, 0.25) is 0 Å². The van der Waals surface area contributed by atoms with Crippen LogP contribution in [0, 0.1) is 0 Å². The monoisotopic (exact) mass is 495 g/mol. The van der Waals surface area contributed by atoms with Crippen molar-refractivity contribution in [2.75, 3.05) is 12.3 Å². The molecule has 1 unspecified atom stereocenters. The van der Waals surface area contributed by atoms with Crippen LogP contribution < -0.4 is 5.73 Å². The number of alkyl halides is 1. The molecule has 0 saturated carbocycles. The van der Waals surface area contributed by atoms with Crippen molar-refractivity contribution in [1.82, 2.24) is 19.5 Å². The van der Waals surface area contributed by atoms with E-state index in [1.54, 1.807) is 4.57 Å². The summed E-state index contributed by atoms with van der Waals surface area (Å²) in [6.45, 7) is 0.180. The van der Waals surface area contributed by atoms with Gasteiger partial charge in [0.15, 0.2) is 17.7 Å². The van der Waals surface area contributed by atoms with Crippen LogP contribution in [0.4, 0.5) is 10.2 Å². The molecular weight excluding hydrogens is 469 g/mol. The Kier molecular flexibility index (Phi) is 6.12. The second-order valence-corrected chi connectivity index (χ2v) is 9.07. The largest absolute Gasteiger partial charge is 0.382 e. The smallest absolute Gasteiger partial charge is 0.168 e. The van der Waals surface area contributed by atoms with Gasteiger partial charge in [0.1, 0.15) is 23.6 Å². The maximum atomic E-state index is 15.3. The van der Waals surface area contributed by atoms with Crippen LogP contribution in [0.1, 0.15) is 29.3 Å². The van der Waals surface area contributed by atoms with Crippen molar-refractivity contribution in [3.63, 3.8) is 0 Å². The van der Waals surface area contributed by atoms with Gasteiger partial charge >= 0.3 is 0 Å². The van der Waals surface area contributed by atoms with Crippen molar-refractivity contribution < 1.29 is 13.9 Å². The fourth-order valence-electron chi connectivity index (χ4n) is 5.10. The van der Waals surface area contributed by atoms with Gasteiger partial charge in [-0.2, -0.15) is 0 Å². The summed E-state index contributed by atoms with van der Waals surface area (Å²) >= 11 is 0. The summed E-state index contributed by atoms with van der Waals surface area (Å²) < 4.78 is 29.9. The van der Waals surface area contributed by atoms with E-state index in [-0.39, 0.29) is 18.8 Å². The fourth-order valence-corrected chi connectivity index (χ4v) is 5.10. The van der Waals surface area contributed by atoms with E-state index < -0.39 is 24.1 Å². The Morgan fingerprint density at radius 2 is 1.43 bits per heavy atom. The standard InChI is InChI=1S/C29H26FN5O2/c30-24-16-23(37-28(24)35-19-34-25-26(31)32-18-33-27(25)35)17-36-29(20-10-4-1-5-11-20,21-12-6-2-7-13-21)22-14-8-3-9-15-22/h1-15,18-19,23-24,28H,16-17H2,(H2,31,32,33)/t23?,24-,28+/m0/s1. The molecule has 0 bridgehead atoms. The topological polar surface area (TPSA) is 88.1 Å². The fraction of sp³-hybridized carbons (Fsp3) is 0.207. The molecule has 0 radical (unpaired) electrons. The first kappa shape index (κ1) is 23.3. The van der Waals surface area contributed by atoms with Gasteiger partial charge in [-0.1, -0.05) is 91.0 Å². The highest BCUT2D eigenvalue weighted by Crippen LogP contribution is 2.42. The molecule has 1 saturated heterocycles. The van der Waals surface area contributed by atoms with Crippen LogP contribution in [0.25, 0.3) is 11.2 Å². The van der Waals surface area contributed by atoms with Gasteiger partial charge in [0, 0.05) is 6.42 Å². The molecule has 0 amide bonds. The van der Waals surface area contributed by atoms with Gasteiger partial charge in [-0.25, -0.2) is 19.3 Å². The number of aromatic nitrogens is 4. The Morgan fingerprint density at radius 1 is 0.865 bits per heavy atom. The van der Waals surface area contributed by atoms with E-state index >= 15 is 4.39 Å². The van der Waals surface area contributed by atoms with Crippen molar-refractivity contribution in [3.8, 4) is 0 Å². The molecule has 6 rings (SSSR count). The van der Waals surface area contributed by atoms with Gasteiger partial charge in [-0.15, -0.1) is 0 Å². The third kappa shape index (κ3) is 4.14. The minimum absolute atomic E-state index is 0.180. The number of hydrogen-bond donors (Lipinski definition) is 1. The van der Waals surface area contributed by atoms with Crippen LogP contribution in [0.3, 0.4) is 0 Å². The number of ether oxygens (including phenoxy) is 2. The molecule has 1 aliphatic heterocycles. The van der Waals surface area contributed by atoms with Crippen LogP contribution in [0.2, 0.25) is 0 Å². The molecule has 8 heteroatoms. The zero-order valence-corrected chi connectivity index (χ0v) is 20.0. The zero-order chi connectivity index (χ0) is 25.2. The van der Waals surface area contributed by atoms with E-state index in [9.17, 15) is 0 Å². The Morgan fingerprint density at radius 3 is 2.00 bits per heavy atom. The number of hydrogen-bond acceptors (Lipinski definition) is 6. The van der Waals surface area contributed by atoms with E-state index in [4.69, 9.17) is 15.2 Å². The lowest BCUT2D eigenvalue weighted by molar-refractivity contribution is -0.0804. The normalized spacial score (nSPS) is 19.9. The van der Waals surface area contributed by atoms with Gasteiger partial charge < -0.3 is 15.2 Å². The predicted octanol–water partition coefficient (Wildman–Crippen LogP) is 5.04. The number of benzene rings is 3. The molecule has 3 atom stereocenters. The number of fused-ring (bicyclic) bond motifs is 1. The van der Waals surface area contributed by atoms with E-state index in [0.717, 1.165) is 16.7 Å². The van der Waals surface area contributed by atoms with Crippen LogP contribution in [0.15, 0.2) is 104 Å². The maximum Gasteiger partial charge on any atom is 0.168 e. The molecule has 1 fully saturated rings. The maximum absolute atomic E-state index is 15.3. The second-order valence-electron chi connectivity index (χ2n) is 9.07. The lowest BCUT2D eigenvalue weighted by Gasteiger charge is -2.36. The number of anilines is 1. The Labute approximate surface area is 213 Å². The van der Waals surface area contributed by atoms with Crippen molar-refractivity contribution in [2.24, 2.45) is 0 Å². The summed E-state index contributed by atoms with van der Waals surface area (Å²) in [7, 11) is 0. The van der Waals surface area contributed by atoms with Gasteiger partial charge in [-0.05, 0) is 16.7 Å². The number of nitrogens with two attached hydrogens (primary N) is 1. The average Bonchev–Trinajstić information content (AvgIpc) is 3.54. The lowest BCUT2D eigenvalue weighted by Crippen LogP contribution is -2.35. The number of rotatable bonds is 7.